The summed E-state index contributed by atoms with van der Waals surface area (Å²) in [4.78, 5) is 23.4. The van der Waals surface area contributed by atoms with Crippen LogP contribution in [-0.4, -0.2) is 18.9 Å². The highest BCUT2D eigenvalue weighted by Gasteiger charge is 2.33. The topological polar surface area (TPSA) is 43.4 Å². The summed E-state index contributed by atoms with van der Waals surface area (Å²) in [6.45, 7) is 0. The monoisotopic (exact) mass is 238 g/mol. The van der Waals surface area contributed by atoms with Gasteiger partial charge in [0.05, 0.1) is 7.11 Å². The summed E-state index contributed by atoms with van der Waals surface area (Å²) < 4.78 is 4.61. The maximum Gasteiger partial charge on any atom is 0.316 e. The van der Waals surface area contributed by atoms with Crippen LogP contribution < -0.4 is 0 Å². The standard InChI is InChI=1S/C12H11ClO3/c1-16-12(15)10-4-2-7-6-8(13)3-5-9(7)11(10)14/h3,5-6,10H,2,4H2,1H3. The normalized spacial score (nSPS) is 19.1. The molecule has 0 N–H and O–H groups in total. The molecule has 1 aromatic rings. The lowest BCUT2D eigenvalue weighted by atomic mass is 9.83. The molecule has 3 nitrogen and oxygen atoms in total. The van der Waals surface area contributed by atoms with Crippen molar-refractivity contribution in [1.82, 2.24) is 0 Å². The fourth-order valence-electron chi connectivity index (χ4n) is 2.00. The van der Waals surface area contributed by atoms with Crippen molar-refractivity contribution in [3.05, 3.63) is 34.3 Å². The number of halogens is 1. The van der Waals surface area contributed by atoms with Crippen molar-refractivity contribution >= 4 is 23.4 Å². The second-order valence-electron chi connectivity index (χ2n) is 3.78. The molecular weight excluding hydrogens is 228 g/mol. The molecule has 0 bridgehead atoms. The van der Waals surface area contributed by atoms with E-state index in [1.165, 1.54) is 7.11 Å². The number of methoxy groups -OCH3 is 1. The number of ketones is 1. The number of carbonyl (C=O) groups is 2. The Hall–Kier alpha value is -1.35. The molecule has 16 heavy (non-hydrogen) atoms. The van der Waals surface area contributed by atoms with Crippen molar-refractivity contribution in [1.29, 1.82) is 0 Å². The number of fused-ring (bicyclic) bond motifs is 1. The molecule has 1 atom stereocenters. The lowest BCUT2D eigenvalue weighted by Gasteiger charge is -2.21. The number of ether oxygens (including phenoxy) is 1. The van der Waals surface area contributed by atoms with Gasteiger partial charge in [0.2, 0.25) is 0 Å². The van der Waals surface area contributed by atoms with E-state index in [9.17, 15) is 9.59 Å². The lowest BCUT2D eigenvalue weighted by Crippen LogP contribution is -2.30. The third kappa shape index (κ3) is 1.83. The van der Waals surface area contributed by atoms with Crippen molar-refractivity contribution in [2.24, 2.45) is 5.92 Å². The zero-order valence-electron chi connectivity index (χ0n) is 8.83. The molecule has 0 radical (unpaired) electrons. The number of hydrogen-bond acceptors (Lipinski definition) is 3. The lowest BCUT2D eigenvalue weighted by molar-refractivity contribution is -0.143. The van der Waals surface area contributed by atoms with Crippen LogP contribution in [0.5, 0.6) is 0 Å². The number of aryl methyl sites for hydroxylation is 1. The SMILES string of the molecule is COC(=O)C1CCc2cc(Cl)ccc2C1=O. The number of esters is 1. The highest BCUT2D eigenvalue weighted by Crippen LogP contribution is 2.28. The van der Waals surface area contributed by atoms with Crippen LogP contribution >= 0.6 is 11.6 Å². The molecular formula is C12H11ClO3. The number of rotatable bonds is 1. The summed E-state index contributed by atoms with van der Waals surface area (Å²) in [6.07, 6.45) is 1.18. The van der Waals surface area contributed by atoms with E-state index in [4.69, 9.17) is 11.6 Å². The second kappa shape index (κ2) is 4.26. The Morgan fingerprint density at radius 2 is 2.25 bits per heavy atom. The average molecular weight is 239 g/mol. The van der Waals surface area contributed by atoms with Gasteiger partial charge in [-0.15, -0.1) is 0 Å². The molecule has 0 aliphatic heterocycles. The van der Waals surface area contributed by atoms with E-state index in [0.29, 0.717) is 23.4 Å². The van der Waals surface area contributed by atoms with Gasteiger partial charge in [-0.25, -0.2) is 0 Å². The molecule has 1 aromatic carbocycles. The van der Waals surface area contributed by atoms with Gasteiger partial charge in [-0.1, -0.05) is 11.6 Å². The minimum atomic E-state index is -0.654. The molecule has 0 spiro atoms. The van der Waals surface area contributed by atoms with Crippen molar-refractivity contribution < 1.29 is 14.3 Å². The van der Waals surface area contributed by atoms with Crippen LogP contribution in [0.25, 0.3) is 0 Å². The first kappa shape index (κ1) is 11.1. The molecule has 0 fully saturated rings. The molecule has 84 valence electrons. The van der Waals surface area contributed by atoms with Gasteiger partial charge in [0.15, 0.2) is 5.78 Å². The second-order valence-corrected chi connectivity index (χ2v) is 4.22. The summed E-state index contributed by atoms with van der Waals surface area (Å²) >= 11 is 5.85. The Bertz CT molecular complexity index is 454. The fourth-order valence-corrected chi connectivity index (χ4v) is 2.19. The van der Waals surface area contributed by atoms with Gasteiger partial charge in [0, 0.05) is 10.6 Å². The predicted molar refractivity (Wildman–Crippen MR) is 59.6 cm³/mol. The maximum absolute atomic E-state index is 12.0. The van der Waals surface area contributed by atoms with Crippen LogP contribution in [0, 0.1) is 5.92 Å². The van der Waals surface area contributed by atoms with Gasteiger partial charge >= 0.3 is 5.97 Å². The first-order chi connectivity index (χ1) is 7.63. The van der Waals surface area contributed by atoms with E-state index < -0.39 is 11.9 Å². The summed E-state index contributed by atoms with van der Waals surface area (Å²) in [5.74, 6) is -1.27. The van der Waals surface area contributed by atoms with Gasteiger partial charge in [-0.3, -0.25) is 9.59 Å². The van der Waals surface area contributed by atoms with Gasteiger partial charge in [0.25, 0.3) is 0 Å². The third-order valence-electron chi connectivity index (χ3n) is 2.84. The van der Waals surface area contributed by atoms with Crippen LogP contribution in [0.2, 0.25) is 5.02 Å². The predicted octanol–water partition coefficient (Wildman–Crippen LogP) is 2.26. The number of benzene rings is 1. The van der Waals surface area contributed by atoms with E-state index in [-0.39, 0.29) is 5.78 Å². The molecule has 0 saturated carbocycles. The average Bonchev–Trinajstić information content (AvgIpc) is 2.28. The number of carbonyl (C=O) groups excluding carboxylic acids is 2. The molecule has 0 aromatic heterocycles. The van der Waals surface area contributed by atoms with Crippen LogP contribution in [-0.2, 0) is 16.0 Å². The molecule has 0 amide bonds. The van der Waals surface area contributed by atoms with E-state index in [1.807, 2.05) is 0 Å². The van der Waals surface area contributed by atoms with Crippen molar-refractivity contribution in [2.75, 3.05) is 7.11 Å². The Morgan fingerprint density at radius 3 is 2.94 bits per heavy atom. The molecule has 4 heteroatoms. The summed E-state index contributed by atoms with van der Waals surface area (Å²) in [7, 11) is 1.30. The van der Waals surface area contributed by atoms with Gasteiger partial charge < -0.3 is 4.74 Å². The van der Waals surface area contributed by atoms with E-state index >= 15 is 0 Å². The molecule has 0 heterocycles. The van der Waals surface area contributed by atoms with Crippen molar-refractivity contribution in [3.8, 4) is 0 Å². The molecule has 2 rings (SSSR count). The minimum Gasteiger partial charge on any atom is -0.468 e. The first-order valence-corrected chi connectivity index (χ1v) is 5.41. The molecule has 1 unspecified atom stereocenters. The van der Waals surface area contributed by atoms with E-state index in [1.54, 1.807) is 18.2 Å². The van der Waals surface area contributed by atoms with Crippen LogP contribution in [0.15, 0.2) is 18.2 Å². The summed E-state index contributed by atoms with van der Waals surface area (Å²) in [5.41, 5.74) is 1.50. The quantitative estimate of drug-likeness (QED) is 0.557. The van der Waals surface area contributed by atoms with Gasteiger partial charge in [-0.05, 0) is 36.6 Å². The highest BCUT2D eigenvalue weighted by atomic mass is 35.5. The number of hydrogen-bond donors (Lipinski definition) is 0. The molecule has 0 saturated heterocycles. The summed E-state index contributed by atoms with van der Waals surface area (Å²) in [5, 5.41) is 0.614. The van der Waals surface area contributed by atoms with E-state index in [0.717, 1.165) is 5.56 Å². The summed E-state index contributed by atoms with van der Waals surface area (Å²) in [6, 6.07) is 5.12. The van der Waals surface area contributed by atoms with Crippen LogP contribution in [0.4, 0.5) is 0 Å². The van der Waals surface area contributed by atoms with E-state index in [2.05, 4.69) is 4.74 Å². The Morgan fingerprint density at radius 1 is 1.50 bits per heavy atom. The Labute approximate surface area is 98.4 Å². The Balaban J connectivity index is 2.36. The van der Waals surface area contributed by atoms with Crippen LogP contribution in [0.3, 0.4) is 0 Å². The van der Waals surface area contributed by atoms with Crippen molar-refractivity contribution in [3.63, 3.8) is 0 Å². The Kier molecular flexibility index (Phi) is 2.97. The zero-order valence-corrected chi connectivity index (χ0v) is 9.58. The molecule has 1 aliphatic rings. The van der Waals surface area contributed by atoms with Crippen molar-refractivity contribution in [2.45, 2.75) is 12.8 Å². The maximum atomic E-state index is 12.0. The molecule has 1 aliphatic carbocycles. The highest BCUT2D eigenvalue weighted by molar-refractivity contribution is 6.30. The fraction of sp³-hybridized carbons (Fsp3) is 0.333. The van der Waals surface area contributed by atoms with Gasteiger partial charge in [0.1, 0.15) is 5.92 Å². The number of Topliss-reactive ketones (excluding diaryl/α,β-unsaturated/α-hetero) is 1. The van der Waals surface area contributed by atoms with Gasteiger partial charge in [-0.2, -0.15) is 0 Å². The zero-order chi connectivity index (χ0) is 11.7. The third-order valence-corrected chi connectivity index (χ3v) is 3.07. The largest absolute Gasteiger partial charge is 0.468 e. The smallest absolute Gasteiger partial charge is 0.316 e. The minimum absolute atomic E-state index is 0.162. The first-order valence-electron chi connectivity index (χ1n) is 5.04. The van der Waals surface area contributed by atoms with Crippen LogP contribution in [0.1, 0.15) is 22.3 Å².